The number of rotatable bonds is 3. The molecule has 2 aromatic heterocycles. The van der Waals surface area contributed by atoms with E-state index in [0.717, 1.165) is 0 Å². The van der Waals surface area contributed by atoms with Crippen molar-refractivity contribution in [1.82, 2.24) is 19.1 Å². The lowest BCUT2D eigenvalue weighted by molar-refractivity contribution is -0.146. The Morgan fingerprint density at radius 1 is 1.53 bits per heavy atom. The van der Waals surface area contributed by atoms with Crippen LogP contribution in [0, 0.1) is 0 Å². The molecule has 0 saturated heterocycles. The number of hydrogen-bond acceptors (Lipinski definition) is 5. The van der Waals surface area contributed by atoms with E-state index < -0.39 is 23.3 Å². The number of aromatic nitrogens is 4. The molecule has 0 saturated carbocycles. The minimum atomic E-state index is -0.691. The highest BCUT2D eigenvalue weighted by Crippen LogP contribution is 2.14. The summed E-state index contributed by atoms with van der Waals surface area (Å²) in [6, 6.07) is -0.691. The Kier molecular flexibility index (Phi) is 3.24. The molecular formula is C11H14N4O4. The fraction of sp³-hybridized carbons (Fsp3) is 0.455. The molecule has 2 rings (SSSR count). The maximum atomic E-state index is 11.8. The lowest BCUT2D eigenvalue weighted by Crippen LogP contribution is -2.30. The first-order chi connectivity index (χ1) is 8.97. The van der Waals surface area contributed by atoms with Gasteiger partial charge >= 0.3 is 11.7 Å². The number of esters is 1. The number of carbonyl (C=O) groups excluding carboxylic acids is 1. The number of aryl methyl sites for hydroxylation is 1. The summed E-state index contributed by atoms with van der Waals surface area (Å²) in [5, 5.41) is 0. The minimum Gasteiger partial charge on any atom is -0.464 e. The second-order valence-corrected chi connectivity index (χ2v) is 4.07. The number of hydrogen-bond donors (Lipinski definition) is 1. The van der Waals surface area contributed by atoms with Gasteiger partial charge in [-0.25, -0.2) is 14.6 Å². The van der Waals surface area contributed by atoms with E-state index in [4.69, 9.17) is 4.74 Å². The van der Waals surface area contributed by atoms with Crippen molar-refractivity contribution in [1.29, 1.82) is 0 Å². The van der Waals surface area contributed by atoms with Crippen molar-refractivity contribution in [2.24, 2.45) is 7.05 Å². The summed E-state index contributed by atoms with van der Waals surface area (Å²) in [6.07, 6.45) is 1.35. The Bertz CT molecular complexity index is 739. The Morgan fingerprint density at radius 2 is 2.21 bits per heavy atom. The predicted octanol–water partition coefficient (Wildman–Crippen LogP) is -0.453. The quantitative estimate of drug-likeness (QED) is 0.758. The summed E-state index contributed by atoms with van der Waals surface area (Å²) < 4.78 is 7.51. The number of nitrogens with one attached hydrogen (secondary N) is 1. The molecule has 0 spiro atoms. The van der Waals surface area contributed by atoms with Crippen LogP contribution in [0.25, 0.3) is 11.2 Å². The van der Waals surface area contributed by atoms with Gasteiger partial charge in [-0.3, -0.25) is 14.3 Å². The number of H-pyrrole nitrogens is 1. The number of ether oxygens (including phenoxy) is 1. The highest BCUT2D eigenvalue weighted by molar-refractivity contribution is 5.78. The van der Waals surface area contributed by atoms with E-state index in [-0.39, 0.29) is 17.8 Å². The SMILES string of the molecule is CCOC(=O)[C@@H](C)n1cnc2c1c(=O)[nH]c(=O)n2C. The molecule has 102 valence electrons. The number of aromatic amines is 1. The van der Waals surface area contributed by atoms with Crippen LogP contribution in [0.5, 0.6) is 0 Å². The largest absolute Gasteiger partial charge is 0.464 e. The molecule has 0 amide bonds. The smallest absolute Gasteiger partial charge is 0.329 e. The van der Waals surface area contributed by atoms with Gasteiger partial charge in [-0.15, -0.1) is 0 Å². The minimum absolute atomic E-state index is 0.169. The van der Waals surface area contributed by atoms with Crippen molar-refractivity contribution >= 4 is 17.1 Å². The van der Waals surface area contributed by atoms with Crippen LogP contribution in [-0.2, 0) is 16.6 Å². The van der Waals surface area contributed by atoms with Crippen LogP contribution in [0.15, 0.2) is 15.9 Å². The Morgan fingerprint density at radius 3 is 2.84 bits per heavy atom. The first kappa shape index (κ1) is 13.1. The van der Waals surface area contributed by atoms with Crippen molar-refractivity contribution in [2.45, 2.75) is 19.9 Å². The van der Waals surface area contributed by atoms with Gasteiger partial charge in [0.05, 0.1) is 12.9 Å². The van der Waals surface area contributed by atoms with Crippen molar-refractivity contribution in [3.05, 3.63) is 27.2 Å². The normalized spacial score (nSPS) is 12.6. The number of imidazole rings is 1. The van der Waals surface area contributed by atoms with E-state index in [1.54, 1.807) is 13.8 Å². The van der Waals surface area contributed by atoms with E-state index in [0.29, 0.717) is 0 Å². The van der Waals surface area contributed by atoms with Gasteiger partial charge in [-0.05, 0) is 13.8 Å². The van der Waals surface area contributed by atoms with Crippen molar-refractivity contribution in [3.8, 4) is 0 Å². The molecular weight excluding hydrogens is 252 g/mol. The average Bonchev–Trinajstić information content (AvgIpc) is 2.80. The van der Waals surface area contributed by atoms with E-state index in [9.17, 15) is 14.4 Å². The molecule has 0 radical (unpaired) electrons. The Balaban J connectivity index is 2.64. The third-order valence-electron chi connectivity index (χ3n) is 2.88. The van der Waals surface area contributed by atoms with Crippen LogP contribution >= 0.6 is 0 Å². The lowest BCUT2D eigenvalue weighted by Gasteiger charge is -2.12. The number of fused-ring (bicyclic) bond motifs is 1. The molecule has 8 heteroatoms. The molecule has 0 unspecified atom stereocenters. The van der Waals surface area contributed by atoms with Crippen LogP contribution in [0.4, 0.5) is 0 Å². The van der Waals surface area contributed by atoms with E-state index in [1.165, 1.54) is 22.5 Å². The third kappa shape index (κ3) is 2.05. The Labute approximate surface area is 107 Å². The summed E-state index contributed by atoms with van der Waals surface area (Å²) in [7, 11) is 1.49. The summed E-state index contributed by atoms with van der Waals surface area (Å²) >= 11 is 0. The molecule has 2 aromatic rings. The summed E-state index contributed by atoms with van der Waals surface area (Å²) in [4.78, 5) is 41.1. The molecule has 8 nitrogen and oxygen atoms in total. The fourth-order valence-electron chi connectivity index (χ4n) is 1.82. The standard InChI is InChI=1S/C11H14N4O4/c1-4-19-10(17)6(2)15-5-12-8-7(15)9(16)13-11(18)14(8)3/h5-6H,4H2,1-3H3,(H,13,16,18)/t6-/m1/s1. The third-order valence-corrected chi connectivity index (χ3v) is 2.88. The predicted molar refractivity (Wildman–Crippen MR) is 66.9 cm³/mol. The van der Waals surface area contributed by atoms with Gasteiger partial charge in [0, 0.05) is 7.05 Å². The van der Waals surface area contributed by atoms with Gasteiger partial charge in [-0.2, -0.15) is 0 Å². The van der Waals surface area contributed by atoms with Gasteiger partial charge in [0.15, 0.2) is 11.2 Å². The van der Waals surface area contributed by atoms with E-state index >= 15 is 0 Å². The second-order valence-electron chi connectivity index (χ2n) is 4.07. The van der Waals surface area contributed by atoms with Crippen molar-refractivity contribution in [2.75, 3.05) is 6.61 Å². The molecule has 1 atom stereocenters. The summed E-state index contributed by atoms with van der Waals surface area (Å²) in [6.45, 7) is 3.56. The zero-order chi connectivity index (χ0) is 14.2. The molecule has 1 N–H and O–H groups in total. The van der Waals surface area contributed by atoms with Crippen LogP contribution in [-0.4, -0.2) is 31.7 Å². The highest BCUT2D eigenvalue weighted by atomic mass is 16.5. The second kappa shape index (κ2) is 4.71. The van der Waals surface area contributed by atoms with Crippen LogP contribution < -0.4 is 11.2 Å². The Hall–Kier alpha value is -2.38. The average molecular weight is 266 g/mol. The molecule has 19 heavy (non-hydrogen) atoms. The first-order valence-corrected chi connectivity index (χ1v) is 5.79. The molecule has 2 heterocycles. The van der Waals surface area contributed by atoms with Gasteiger partial charge in [0.1, 0.15) is 6.04 Å². The van der Waals surface area contributed by atoms with Gasteiger partial charge in [-0.1, -0.05) is 0 Å². The fourth-order valence-corrected chi connectivity index (χ4v) is 1.82. The van der Waals surface area contributed by atoms with E-state index in [2.05, 4.69) is 9.97 Å². The number of carbonyl (C=O) groups is 1. The summed E-state index contributed by atoms with van der Waals surface area (Å²) in [5.74, 6) is -0.463. The topological polar surface area (TPSA) is 99.0 Å². The molecule has 0 aliphatic heterocycles. The van der Waals surface area contributed by atoms with Crippen molar-refractivity contribution < 1.29 is 9.53 Å². The van der Waals surface area contributed by atoms with Gasteiger partial charge in [0.25, 0.3) is 5.56 Å². The van der Waals surface area contributed by atoms with E-state index in [1.807, 2.05) is 0 Å². The van der Waals surface area contributed by atoms with Gasteiger partial charge in [0.2, 0.25) is 0 Å². The molecule has 0 aliphatic rings. The van der Waals surface area contributed by atoms with Crippen LogP contribution in [0.2, 0.25) is 0 Å². The lowest BCUT2D eigenvalue weighted by atomic mass is 10.3. The van der Waals surface area contributed by atoms with Crippen molar-refractivity contribution in [3.63, 3.8) is 0 Å². The molecule has 0 bridgehead atoms. The zero-order valence-electron chi connectivity index (χ0n) is 10.8. The maximum Gasteiger partial charge on any atom is 0.329 e. The number of nitrogens with zero attached hydrogens (tertiary/aromatic N) is 3. The zero-order valence-corrected chi connectivity index (χ0v) is 10.8. The van der Waals surface area contributed by atoms with Crippen LogP contribution in [0.3, 0.4) is 0 Å². The molecule has 0 aromatic carbocycles. The highest BCUT2D eigenvalue weighted by Gasteiger charge is 2.21. The van der Waals surface area contributed by atoms with Crippen LogP contribution in [0.1, 0.15) is 19.9 Å². The monoisotopic (exact) mass is 266 g/mol. The first-order valence-electron chi connectivity index (χ1n) is 5.79. The molecule has 0 fully saturated rings. The van der Waals surface area contributed by atoms with Gasteiger partial charge < -0.3 is 9.30 Å². The maximum absolute atomic E-state index is 11.8. The summed E-state index contributed by atoms with van der Waals surface area (Å²) in [5.41, 5.74) is -0.731. The molecule has 0 aliphatic carbocycles.